The van der Waals surface area contributed by atoms with E-state index in [1.54, 1.807) is 52.0 Å². The molecule has 2 N–H and O–H groups in total. The van der Waals surface area contributed by atoms with Crippen LogP contribution in [-0.4, -0.2) is 46.2 Å². The molecule has 0 saturated heterocycles. The highest BCUT2D eigenvalue weighted by molar-refractivity contribution is 9.10. The number of nitrogens with one attached hydrogen (secondary N) is 2. The Morgan fingerprint density at radius 2 is 1.83 bits per heavy atom. The van der Waals surface area contributed by atoms with Crippen molar-refractivity contribution in [1.82, 2.24) is 10.3 Å². The second-order valence-corrected chi connectivity index (χ2v) is 10.3. The minimum atomic E-state index is -4.90. The number of ether oxygens (including phenoxy) is 2. The van der Waals surface area contributed by atoms with Crippen molar-refractivity contribution in [3.8, 4) is 0 Å². The first-order valence-corrected chi connectivity index (χ1v) is 11.7. The van der Waals surface area contributed by atoms with Gasteiger partial charge in [0.1, 0.15) is 23.2 Å². The van der Waals surface area contributed by atoms with Crippen LogP contribution in [0, 0.1) is 0 Å². The molecule has 1 aliphatic heterocycles. The number of alkyl halides is 3. The van der Waals surface area contributed by atoms with Gasteiger partial charge in [-0.05, 0) is 80.4 Å². The van der Waals surface area contributed by atoms with E-state index in [1.807, 2.05) is 0 Å². The van der Waals surface area contributed by atoms with E-state index >= 15 is 0 Å². The summed E-state index contributed by atoms with van der Waals surface area (Å²) in [7, 11) is 0. The zero-order chi connectivity index (χ0) is 26.9. The number of anilines is 1. The lowest BCUT2D eigenvalue weighted by Gasteiger charge is -2.42. The van der Waals surface area contributed by atoms with Gasteiger partial charge in [0, 0.05) is 16.4 Å². The molecule has 1 unspecified atom stereocenters. The average molecular weight is 571 g/mol. The highest BCUT2D eigenvalue weighted by atomic mass is 79.9. The van der Waals surface area contributed by atoms with E-state index in [0.717, 1.165) is 6.92 Å². The lowest BCUT2D eigenvalue weighted by Crippen LogP contribution is -2.61. The minimum Gasteiger partial charge on any atom is -0.444 e. The molecule has 0 aliphatic carbocycles. The summed E-state index contributed by atoms with van der Waals surface area (Å²) in [5, 5.41) is 4.79. The van der Waals surface area contributed by atoms with Crippen LogP contribution in [-0.2, 0) is 9.47 Å². The molecule has 0 saturated carbocycles. The highest BCUT2D eigenvalue weighted by Crippen LogP contribution is 2.43. The van der Waals surface area contributed by atoms with Gasteiger partial charge in [0.2, 0.25) is 5.60 Å². The zero-order valence-corrected chi connectivity index (χ0v) is 21.8. The summed E-state index contributed by atoms with van der Waals surface area (Å²) in [5.41, 5.74) is -2.97. The molecule has 0 bridgehead atoms. The van der Waals surface area contributed by atoms with Crippen molar-refractivity contribution in [1.29, 1.82) is 0 Å². The number of aliphatic imine (C=N–C) groups is 1. The van der Waals surface area contributed by atoms with Crippen molar-refractivity contribution in [2.45, 2.75) is 64.1 Å². The number of amidine groups is 1. The van der Waals surface area contributed by atoms with Crippen LogP contribution in [0.3, 0.4) is 0 Å². The first-order valence-electron chi connectivity index (χ1n) is 10.9. The Morgan fingerprint density at radius 3 is 2.42 bits per heavy atom. The number of carbonyl (C=O) groups excluding carboxylic acids is 2. The SMILES string of the molecule is C[C@H]1N=C(NC(=O)OC(C)(C)C)[C@](C)(C(F)(F)F)OC1c1cccc(NC(=O)c2ccc(Br)cn2)c1. The lowest BCUT2D eigenvalue weighted by molar-refractivity contribution is -0.262. The number of hydrogen-bond donors (Lipinski definition) is 2. The zero-order valence-electron chi connectivity index (χ0n) is 20.2. The van der Waals surface area contributed by atoms with Gasteiger partial charge < -0.3 is 14.8 Å². The van der Waals surface area contributed by atoms with E-state index in [-0.39, 0.29) is 5.69 Å². The standard InChI is InChI=1S/C24H26BrF3N4O4/c1-13-18(14-7-6-8-16(11-14)31-19(33)17-10-9-15(25)12-29-17)35-23(5,24(26,27)28)20(30-13)32-21(34)36-22(2,3)4/h6-13,18H,1-5H3,(H,31,33)(H,30,32,34)/t13-,18?,23-/m1/s1. The third-order valence-electron chi connectivity index (χ3n) is 5.18. The summed E-state index contributed by atoms with van der Waals surface area (Å²) in [5.74, 6) is -1.18. The predicted molar refractivity (Wildman–Crippen MR) is 131 cm³/mol. The fourth-order valence-corrected chi connectivity index (χ4v) is 3.64. The third-order valence-corrected chi connectivity index (χ3v) is 5.65. The van der Waals surface area contributed by atoms with Crippen molar-refractivity contribution in [2.75, 3.05) is 5.32 Å². The Morgan fingerprint density at radius 1 is 1.14 bits per heavy atom. The van der Waals surface area contributed by atoms with Gasteiger partial charge >= 0.3 is 12.3 Å². The summed E-state index contributed by atoms with van der Waals surface area (Å²) < 4.78 is 53.9. The molecule has 0 radical (unpaired) electrons. The molecule has 8 nitrogen and oxygen atoms in total. The Bertz CT molecular complexity index is 1170. The van der Waals surface area contributed by atoms with Crippen LogP contribution in [0.15, 0.2) is 52.1 Å². The molecule has 2 aromatic rings. The van der Waals surface area contributed by atoms with E-state index in [4.69, 9.17) is 9.47 Å². The molecule has 0 fully saturated rings. The quantitative estimate of drug-likeness (QED) is 0.485. The first kappa shape index (κ1) is 27.6. The number of rotatable bonds is 3. The van der Waals surface area contributed by atoms with E-state index in [9.17, 15) is 22.8 Å². The molecule has 2 amide bonds. The summed E-state index contributed by atoms with van der Waals surface area (Å²) >= 11 is 3.24. The second-order valence-electron chi connectivity index (χ2n) is 9.36. The number of amides is 2. The molecule has 3 rings (SSSR count). The number of alkyl carbamates (subject to hydrolysis) is 1. The smallest absolute Gasteiger partial charge is 0.424 e. The van der Waals surface area contributed by atoms with Crippen LogP contribution in [0.5, 0.6) is 0 Å². The minimum absolute atomic E-state index is 0.165. The van der Waals surface area contributed by atoms with E-state index in [2.05, 4.69) is 36.5 Å². The van der Waals surface area contributed by atoms with Gasteiger partial charge in [-0.1, -0.05) is 12.1 Å². The second kappa shape index (κ2) is 10.2. The molecule has 2 heterocycles. The maximum atomic E-state index is 14.2. The monoisotopic (exact) mass is 570 g/mol. The Labute approximate surface area is 214 Å². The van der Waals surface area contributed by atoms with Crippen LogP contribution >= 0.6 is 15.9 Å². The number of nitrogens with zero attached hydrogens (tertiary/aromatic N) is 2. The molecule has 194 valence electrons. The van der Waals surface area contributed by atoms with Crippen LogP contribution in [0.2, 0.25) is 0 Å². The molecular weight excluding hydrogens is 545 g/mol. The summed E-state index contributed by atoms with van der Waals surface area (Å²) in [6.07, 6.45) is -5.62. The third kappa shape index (κ3) is 6.41. The number of pyridine rings is 1. The number of halogens is 4. The molecular formula is C24H26BrF3N4O4. The molecule has 12 heteroatoms. The van der Waals surface area contributed by atoms with E-state index in [0.29, 0.717) is 15.7 Å². The maximum absolute atomic E-state index is 14.2. The van der Waals surface area contributed by atoms with Crippen LogP contribution in [0.4, 0.5) is 23.7 Å². The lowest BCUT2D eigenvalue weighted by atomic mass is 9.95. The van der Waals surface area contributed by atoms with Gasteiger partial charge in [-0.15, -0.1) is 0 Å². The molecule has 36 heavy (non-hydrogen) atoms. The molecule has 1 aromatic heterocycles. The van der Waals surface area contributed by atoms with Crippen molar-refractivity contribution < 1.29 is 32.2 Å². The Kier molecular flexibility index (Phi) is 7.80. The van der Waals surface area contributed by atoms with E-state index in [1.165, 1.54) is 18.3 Å². The largest absolute Gasteiger partial charge is 0.444 e. The highest BCUT2D eigenvalue weighted by Gasteiger charge is 2.60. The average Bonchev–Trinajstić information content (AvgIpc) is 2.74. The van der Waals surface area contributed by atoms with Gasteiger partial charge in [0.15, 0.2) is 0 Å². The normalized spacial score (nSPS) is 22.4. The number of hydrogen-bond acceptors (Lipinski definition) is 6. The van der Waals surface area contributed by atoms with Crippen molar-refractivity contribution in [3.05, 3.63) is 58.3 Å². The van der Waals surface area contributed by atoms with Gasteiger partial charge in [-0.3, -0.25) is 15.1 Å². The molecule has 3 atom stereocenters. The molecule has 0 spiro atoms. The summed E-state index contributed by atoms with van der Waals surface area (Å²) in [4.78, 5) is 32.9. The van der Waals surface area contributed by atoms with Gasteiger partial charge in [0.25, 0.3) is 5.91 Å². The number of benzene rings is 1. The topological polar surface area (TPSA) is 102 Å². The van der Waals surface area contributed by atoms with E-state index < -0.39 is 47.4 Å². The van der Waals surface area contributed by atoms with Crippen molar-refractivity contribution in [2.24, 2.45) is 4.99 Å². The van der Waals surface area contributed by atoms with Gasteiger partial charge in [-0.2, -0.15) is 13.2 Å². The predicted octanol–water partition coefficient (Wildman–Crippen LogP) is 5.80. The Balaban J connectivity index is 1.87. The number of carbonyl (C=O) groups is 2. The fourth-order valence-electron chi connectivity index (χ4n) is 3.40. The maximum Gasteiger partial charge on any atom is 0.424 e. The summed E-state index contributed by atoms with van der Waals surface area (Å²) in [6, 6.07) is 8.65. The van der Waals surface area contributed by atoms with Gasteiger partial charge in [0.05, 0.1) is 6.04 Å². The Hall–Kier alpha value is -2.99. The summed E-state index contributed by atoms with van der Waals surface area (Å²) in [6.45, 7) is 7.13. The van der Waals surface area contributed by atoms with Crippen LogP contribution in [0.25, 0.3) is 0 Å². The number of aromatic nitrogens is 1. The van der Waals surface area contributed by atoms with Gasteiger partial charge in [-0.25, -0.2) is 9.78 Å². The van der Waals surface area contributed by atoms with Crippen LogP contribution < -0.4 is 10.6 Å². The molecule has 1 aromatic carbocycles. The van der Waals surface area contributed by atoms with Crippen molar-refractivity contribution in [3.63, 3.8) is 0 Å². The first-order chi connectivity index (χ1) is 16.6. The molecule has 1 aliphatic rings. The fraction of sp³-hybridized carbons (Fsp3) is 0.417. The van der Waals surface area contributed by atoms with Crippen molar-refractivity contribution >= 4 is 39.5 Å². The van der Waals surface area contributed by atoms with Crippen LogP contribution in [0.1, 0.15) is 56.8 Å².